The molecule has 0 radical (unpaired) electrons. The average molecular weight is 595 g/mol. The lowest BCUT2D eigenvalue weighted by Gasteiger charge is -2.43. The lowest BCUT2D eigenvalue weighted by Crippen LogP contribution is -2.46. The molecule has 2 heterocycles. The van der Waals surface area contributed by atoms with Crippen LogP contribution < -0.4 is 9.64 Å². The van der Waals surface area contributed by atoms with Crippen LogP contribution in [0.25, 0.3) is 6.08 Å². The van der Waals surface area contributed by atoms with Crippen molar-refractivity contribution in [2.24, 2.45) is 17.8 Å². The molecule has 44 heavy (non-hydrogen) atoms. The van der Waals surface area contributed by atoms with E-state index in [-0.39, 0.29) is 30.7 Å². The van der Waals surface area contributed by atoms with Crippen LogP contribution in [0.5, 0.6) is 11.5 Å². The molecule has 3 aromatic carbocycles. The highest BCUT2D eigenvalue weighted by molar-refractivity contribution is 6.43. The number of carbonyl (C=O) groups excluding carboxylic acids is 2. The van der Waals surface area contributed by atoms with Gasteiger partial charge in [0.2, 0.25) is 11.8 Å². The molecule has 2 saturated heterocycles. The van der Waals surface area contributed by atoms with Crippen molar-refractivity contribution in [2.45, 2.75) is 45.0 Å². The molecule has 0 spiro atoms. The Balaban J connectivity index is 1.32. The van der Waals surface area contributed by atoms with Crippen LogP contribution in [0, 0.1) is 23.6 Å². The van der Waals surface area contributed by atoms with Crippen molar-refractivity contribution in [3.05, 3.63) is 107 Å². The van der Waals surface area contributed by atoms with Gasteiger partial charge in [0.25, 0.3) is 0 Å². The van der Waals surface area contributed by atoms with Crippen LogP contribution in [0.15, 0.2) is 95.6 Å². The van der Waals surface area contributed by atoms with Crippen molar-refractivity contribution in [2.75, 3.05) is 11.5 Å². The predicted octanol–water partition coefficient (Wildman–Crippen LogP) is 6.19. The molecule has 3 aliphatic rings. The topological polar surface area (TPSA) is 96.3 Å². The van der Waals surface area contributed by atoms with E-state index in [9.17, 15) is 24.1 Å². The zero-order valence-electron chi connectivity index (χ0n) is 24.6. The summed E-state index contributed by atoms with van der Waals surface area (Å²) in [5.74, 6) is -2.36. The van der Waals surface area contributed by atoms with E-state index in [0.717, 1.165) is 16.7 Å². The molecular weight excluding hydrogens is 560 g/mol. The number of phenolic OH excluding ortho intramolecular Hbond substituents is 1. The molecule has 2 fully saturated rings. The molecule has 0 aromatic heterocycles. The molecule has 226 valence electrons. The molecule has 0 saturated carbocycles. The highest BCUT2D eigenvalue weighted by atomic mass is 19.1. The van der Waals surface area contributed by atoms with Crippen molar-refractivity contribution in [3.8, 4) is 11.5 Å². The first kappa shape index (κ1) is 29.8. The number of amides is 2. The molecule has 3 aromatic rings. The van der Waals surface area contributed by atoms with Gasteiger partial charge in [0.1, 0.15) is 12.4 Å². The number of hydrogen-bond acceptors (Lipinski definition) is 6. The van der Waals surface area contributed by atoms with E-state index < -0.39 is 36.6 Å². The van der Waals surface area contributed by atoms with Gasteiger partial charge in [0.15, 0.2) is 11.6 Å². The Morgan fingerprint density at radius 2 is 1.77 bits per heavy atom. The van der Waals surface area contributed by atoms with Crippen LogP contribution in [0.2, 0.25) is 6.32 Å². The van der Waals surface area contributed by atoms with E-state index in [1.54, 1.807) is 30.3 Å². The number of anilines is 1. The van der Waals surface area contributed by atoms with Crippen LogP contribution >= 0.6 is 0 Å². The van der Waals surface area contributed by atoms with E-state index in [2.05, 4.69) is 0 Å². The summed E-state index contributed by atoms with van der Waals surface area (Å²) in [6.45, 7) is 2.26. The third-order valence-electron chi connectivity index (χ3n) is 9.00. The van der Waals surface area contributed by atoms with Gasteiger partial charge in [0.05, 0.1) is 23.6 Å². The highest BCUT2D eigenvalue weighted by Gasteiger charge is 2.57. The third kappa shape index (κ3) is 5.94. The molecular formula is C35H35BFNO6. The first-order valence-electron chi connectivity index (χ1n) is 15.2. The molecule has 1 aliphatic carbocycles. The Morgan fingerprint density at radius 1 is 1.05 bits per heavy atom. The van der Waals surface area contributed by atoms with E-state index in [0.29, 0.717) is 42.7 Å². The summed E-state index contributed by atoms with van der Waals surface area (Å²) in [7, 11) is -1.09. The number of ether oxygens (including phenoxy) is 1. The summed E-state index contributed by atoms with van der Waals surface area (Å²) in [4.78, 5) is 29.0. The second-order valence-corrected chi connectivity index (χ2v) is 11.7. The van der Waals surface area contributed by atoms with Gasteiger partial charge in [-0.1, -0.05) is 61.0 Å². The maximum absolute atomic E-state index is 14.0. The van der Waals surface area contributed by atoms with Crippen molar-refractivity contribution in [1.82, 2.24) is 0 Å². The molecule has 9 heteroatoms. The maximum atomic E-state index is 14.0. The third-order valence-corrected chi connectivity index (χ3v) is 9.00. The predicted molar refractivity (Wildman–Crippen MR) is 166 cm³/mol. The van der Waals surface area contributed by atoms with Crippen molar-refractivity contribution >= 4 is 30.7 Å². The lowest BCUT2D eigenvalue weighted by molar-refractivity contribution is -0.122. The number of aromatic hydroxyl groups is 1. The SMILES string of the molecule is CC/C(=C\c1ccc(O)c(F)c1)CC[C@H]1OB(O)C[C@H]2C1=C(COc1ccccc1)C[C@H]1C(=O)N(c3ccccc3)C(=O)[C@H]12. The summed E-state index contributed by atoms with van der Waals surface area (Å²) < 4.78 is 26.3. The number of para-hydroxylation sites is 2. The van der Waals surface area contributed by atoms with Gasteiger partial charge in [-0.05, 0) is 91.0 Å². The standard InChI is InChI=1S/C35H35BFNO6/c1-2-22(17-23-13-15-30(39)29(37)18-23)14-16-31-32-24(21-43-26-11-7-4-8-12-26)19-27-33(28(32)20-36(42)44-31)35(41)38(34(27)40)25-9-5-3-6-10-25/h3-13,15,17-18,27-28,31,33,39,42H,2,14,16,19-21H2,1H3/b22-17+/t27-,28+,31-,33-/m1/s1. The molecule has 7 nitrogen and oxygen atoms in total. The summed E-state index contributed by atoms with van der Waals surface area (Å²) in [5, 5.41) is 20.5. The minimum Gasteiger partial charge on any atom is -0.505 e. The number of nitrogens with zero attached hydrogens (tertiary/aromatic N) is 1. The van der Waals surface area contributed by atoms with E-state index >= 15 is 0 Å². The van der Waals surface area contributed by atoms with E-state index in [1.165, 1.54) is 17.0 Å². The normalized spacial score (nSPS) is 23.6. The number of phenols is 1. The fourth-order valence-corrected chi connectivity index (χ4v) is 6.93. The van der Waals surface area contributed by atoms with Crippen LogP contribution in [0.1, 0.15) is 38.2 Å². The fourth-order valence-electron chi connectivity index (χ4n) is 6.93. The molecule has 2 amide bonds. The summed E-state index contributed by atoms with van der Waals surface area (Å²) in [5.41, 5.74) is 4.11. The van der Waals surface area contributed by atoms with Gasteiger partial charge in [-0.15, -0.1) is 0 Å². The number of hydrogen-bond donors (Lipinski definition) is 2. The van der Waals surface area contributed by atoms with Crippen LogP contribution in [-0.4, -0.2) is 41.8 Å². The van der Waals surface area contributed by atoms with Gasteiger partial charge in [-0.2, -0.15) is 0 Å². The number of imide groups is 1. The number of carbonyl (C=O) groups is 2. The van der Waals surface area contributed by atoms with Gasteiger partial charge < -0.3 is 19.5 Å². The van der Waals surface area contributed by atoms with Gasteiger partial charge in [0, 0.05) is 0 Å². The van der Waals surface area contributed by atoms with E-state index in [4.69, 9.17) is 9.39 Å². The second kappa shape index (κ2) is 12.8. The first-order valence-corrected chi connectivity index (χ1v) is 15.2. The molecule has 0 unspecified atom stereocenters. The van der Waals surface area contributed by atoms with Crippen molar-refractivity contribution in [3.63, 3.8) is 0 Å². The van der Waals surface area contributed by atoms with Crippen LogP contribution in [0.3, 0.4) is 0 Å². The molecule has 2 aliphatic heterocycles. The Kier molecular flexibility index (Phi) is 8.68. The zero-order valence-corrected chi connectivity index (χ0v) is 24.6. The Morgan fingerprint density at radius 3 is 2.48 bits per heavy atom. The first-order chi connectivity index (χ1) is 21.3. The Labute approximate surface area is 256 Å². The number of rotatable bonds is 9. The lowest BCUT2D eigenvalue weighted by atomic mass is 9.58. The molecule has 6 rings (SSSR count). The van der Waals surface area contributed by atoms with Crippen molar-refractivity contribution in [1.29, 1.82) is 0 Å². The van der Waals surface area contributed by atoms with E-state index in [1.807, 2.05) is 49.4 Å². The average Bonchev–Trinajstić information content (AvgIpc) is 3.29. The summed E-state index contributed by atoms with van der Waals surface area (Å²) in [6.07, 6.45) is 3.85. The van der Waals surface area contributed by atoms with Gasteiger partial charge in [-0.25, -0.2) is 4.39 Å². The number of fused-ring (bicyclic) bond motifs is 3. The van der Waals surface area contributed by atoms with Crippen LogP contribution in [0.4, 0.5) is 10.1 Å². The monoisotopic (exact) mass is 595 g/mol. The largest absolute Gasteiger partial charge is 0.505 e. The molecule has 0 bridgehead atoms. The second-order valence-electron chi connectivity index (χ2n) is 11.7. The number of allylic oxidation sites excluding steroid dienone is 1. The summed E-state index contributed by atoms with van der Waals surface area (Å²) in [6, 6.07) is 22.7. The quantitative estimate of drug-likeness (QED) is 0.174. The van der Waals surface area contributed by atoms with Crippen LogP contribution in [-0.2, 0) is 14.2 Å². The molecule has 4 atom stereocenters. The van der Waals surface area contributed by atoms with Gasteiger partial charge >= 0.3 is 7.12 Å². The Hall–Kier alpha value is -4.21. The minimum atomic E-state index is -1.09. The highest BCUT2D eigenvalue weighted by Crippen LogP contribution is 2.51. The maximum Gasteiger partial charge on any atom is 0.455 e. The smallest absolute Gasteiger partial charge is 0.455 e. The summed E-state index contributed by atoms with van der Waals surface area (Å²) >= 11 is 0. The Bertz CT molecular complexity index is 1590. The number of halogens is 1. The minimum absolute atomic E-state index is 0.215. The fraction of sp³-hybridized carbons (Fsp3) is 0.314. The zero-order chi connectivity index (χ0) is 30.8. The van der Waals surface area contributed by atoms with Crippen molar-refractivity contribution < 1.29 is 33.5 Å². The van der Waals surface area contributed by atoms with Gasteiger partial charge in [-0.3, -0.25) is 14.5 Å². The number of benzene rings is 3. The molecule has 2 N–H and O–H groups in total.